The van der Waals surface area contributed by atoms with Crippen LogP contribution in [0, 0.1) is 0 Å². The molecule has 4 nitrogen and oxygen atoms in total. The molecule has 0 aliphatic rings. The van der Waals surface area contributed by atoms with Crippen molar-refractivity contribution >= 4 is 11.6 Å². The molecule has 1 aromatic heterocycles. The van der Waals surface area contributed by atoms with Gasteiger partial charge in [0.15, 0.2) is 0 Å². The fourth-order valence-electron chi connectivity index (χ4n) is 1.74. The van der Waals surface area contributed by atoms with E-state index in [4.69, 9.17) is 20.8 Å². The van der Waals surface area contributed by atoms with Crippen molar-refractivity contribution in [3.63, 3.8) is 0 Å². The Bertz CT molecular complexity index is 664. The van der Waals surface area contributed by atoms with Gasteiger partial charge in [-0.2, -0.15) is 0 Å². The maximum atomic E-state index is 5.83. The molecule has 100 valence electrons. The van der Waals surface area contributed by atoms with Crippen LogP contribution in [0.1, 0.15) is 5.56 Å². The maximum absolute atomic E-state index is 5.83. The Balaban J connectivity index is 1.65. The lowest BCUT2D eigenvalue weighted by atomic mass is 10.2. The van der Waals surface area contributed by atoms with Crippen molar-refractivity contribution in [2.24, 2.45) is 0 Å². The standard InChI is InChI=1S/C15H11ClN2O2/c16-13-5-1-11(2-6-13)9-19-14-7-3-12(4-8-14)15-18-17-10-20-15/h1-8,10H,9H2. The molecule has 0 unspecified atom stereocenters. The summed E-state index contributed by atoms with van der Waals surface area (Å²) < 4.78 is 10.8. The molecule has 2 aromatic carbocycles. The average molecular weight is 287 g/mol. The van der Waals surface area contributed by atoms with Gasteiger partial charge in [-0.15, -0.1) is 10.2 Å². The molecule has 3 rings (SSSR count). The van der Waals surface area contributed by atoms with Crippen LogP contribution < -0.4 is 4.74 Å². The quantitative estimate of drug-likeness (QED) is 0.728. The first-order valence-electron chi connectivity index (χ1n) is 6.05. The molecule has 0 atom stereocenters. The number of rotatable bonds is 4. The lowest BCUT2D eigenvalue weighted by Gasteiger charge is -2.06. The second kappa shape index (κ2) is 5.75. The van der Waals surface area contributed by atoms with Gasteiger partial charge >= 0.3 is 0 Å². The molecular weight excluding hydrogens is 276 g/mol. The molecule has 0 spiro atoms. The number of benzene rings is 2. The van der Waals surface area contributed by atoms with Crippen molar-refractivity contribution in [2.45, 2.75) is 6.61 Å². The molecule has 0 fully saturated rings. The van der Waals surface area contributed by atoms with Crippen molar-refractivity contribution in [1.82, 2.24) is 10.2 Å². The van der Waals surface area contributed by atoms with Crippen LogP contribution in [0.4, 0.5) is 0 Å². The van der Waals surface area contributed by atoms with Crippen LogP contribution >= 0.6 is 11.6 Å². The predicted molar refractivity (Wildman–Crippen MR) is 75.5 cm³/mol. The van der Waals surface area contributed by atoms with Crippen LogP contribution in [0.2, 0.25) is 5.02 Å². The van der Waals surface area contributed by atoms with Gasteiger partial charge < -0.3 is 9.15 Å². The number of ether oxygens (including phenoxy) is 1. The molecular formula is C15H11ClN2O2. The average Bonchev–Trinajstić information content (AvgIpc) is 3.01. The number of aromatic nitrogens is 2. The van der Waals surface area contributed by atoms with E-state index >= 15 is 0 Å². The van der Waals surface area contributed by atoms with E-state index in [1.165, 1.54) is 6.39 Å². The number of hydrogen-bond donors (Lipinski definition) is 0. The van der Waals surface area contributed by atoms with E-state index in [9.17, 15) is 0 Å². The summed E-state index contributed by atoms with van der Waals surface area (Å²) in [7, 11) is 0. The van der Waals surface area contributed by atoms with Gasteiger partial charge in [0.1, 0.15) is 12.4 Å². The Hall–Kier alpha value is -2.33. The third kappa shape index (κ3) is 2.97. The predicted octanol–water partition coefficient (Wildman–Crippen LogP) is 3.97. The molecule has 5 heteroatoms. The molecule has 0 aliphatic carbocycles. The molecule has 20 heavy (non-hydrogen) atoms. The van der Waals surface area contributed by atoms with Crippen LogP contribution in [0.25, 0.3) is 11.5 Å². The third-order valence-corrected chi connectivity index (χ3v) is 3.03. The first-order chi connectivity index (χ1) is 9.81. The highest BCUT2D eigenvalue weighted by atomic mass is 35.5. The van der Waals surface area contributed by atoms with Gasteiger partial charge in [-0.25, -0.2) is 0 Å². The van der Waals surface area contributed by atoms with Gasteiger partial charge in [0.25, 0.3) is 0 Å². The zero-order valence-corrected chi connectivity index (χ0v) is 11.2. The first-order valence-corrected chi connectivity index (χ1v) is 6.43. The Labute approximate surface area is 121 Å². The van der Waals surface area contributed by atoms with E-state index in [2.05, 4.69) is 10.2 Å². The van der Waals surface area contributed by atoms with Gasteiger partial charge in [0, 0.05) is 10.6 Å². The fourth-order valence-corrected chi connectivity index (χ4v) is 1.87. The highest BCUT2D eigenvalue weighted by molar-refractivity contribution is 6.30. The molecule has 0 amide bonds. The lowest BCUT2D eigenvalue weighted by molar-refractivity contribution is 0.306. The van der Waals surface area contributed by atoms with E-state index in [0.29, 0.717) is 12.5 Å². The molecule has 0 saturated carbocycles. The van der Waals surface area contributed by atoms with Crippen LogP contribution in [-0.2, 0) is 6.61 Å². The van der Waals surface area contributed by atoms with E-state index in [1.807, 2.05) is 48.5 Å². The summed E-state index contributed by atoms with van der Waals surface area (Å²) in [6.07, 6.45) is 1.31. The number of halogens is 1. The van der Waals surface area contributed by atoms with E-state index in [1.54, 1.807) is 0 Å². The molecule has 0 radical (unpaired) electrons. The number of nitrogens with zero attached hydrogens (tertiary/aromatic N) is 2. The van der Waals surface area contributed by atoms with Gasteiger partial charge in [-0.1, -0.05) is 23.7 Å². The summed E-state index contributed by atoms with van der Waals surface area (Å²) in [5, 5.41) is 8.21. The van der Waals surface area contributed by atoms with E-state index < -0.39 is 0 Å². The highest BCUT2D eigenvalue weighted by Gasteiger charge is 2.03. The summed E-state index contributed by atoms with van der Waals surface area (Å²) in [5.41, 5.74) is 1.93. The lowest BCUT2D eigenvalue weighted by Crippen LogP contribution is -1.94. The zero-order chi connectivity index (χ0) is 13.8. The van der Waals surface area contributed by atoms with E-state index in [0.717, 1.165) is 21.9 Å². The van der Waals surface area contributed by atoms with Gasteiger partial charge in [-0.05, 0) is 42.0 Å². The Morgan fingerprint density at radius 3 is 2.40 bits per heavy atom. The third-order valence-electron chi connectivity index (χ3n) is 2.78. The normalized spacial score (nSPS) is 10.4. The minimum Gasteiger partial charge on any atom is -0.489 e. The zero-order valence-electron chi connectivity index (χ0n) is 10.5. The summed E-state index contributed by atoms with van der Waals surface area (Å²) in [6.45, 7) is 0.497. The van der Waals surface area contributed by atoms with Crippen molar-refractivity contribution in [3.05, 3.63) is 65.5 Å². The second-order valence-electron chi connectivity index (χ2n) is 4.18. The minimum absolute atomic E-state index is 0.495. The molecule has 0 saturated heterocycles. The summed E-state index contributed by atoms with van der Waals surface area (Å²) in [4.78, 5) is 0. The second-order valence-corrected chi connectivity index (χ2v) is 4.62. The summed E-state index contributed by atoms with van der Waals surface area (Å²) in [5.74, 6) is 1.28. The van der Waals surface area contributed by atoms with Crippen molar-refractivity contribution < 1.29 is 9.15 Å². The molecule has 1 heterocycles. The fraction of sp³-hybridized carbons (Fsp3) is 0.0667. The van der Waals surface area contributed by atoms with Gasteiger partial charge in [0.2, 0.25) is 12.3 Å². The first kappa shape index (κ1) is 12.7. The topological polar surface area (TPSA) is 48.2 Å². The number of hydrogen-bond acceptors (Lipinski definition) is 4. The summed E-state index contributed by atoms with van der Waals surface area (Å²) in [6, 6.07) is 15.1. The van der Waals surface area contributed by atoms with Crippen molar-refractivity contribution in [1.29, 1.82) is 0 Å². The van der Waals surface area contributed by atoms with Crippen LogP contribution in [-0.4, -0.2) is 10.2 Å². The maximum Gasteiger partial charge on any atom is 0.247 e. The van der Waals surface area contributed by atoms with Gasteiger partial charge in [0.05, 0.1) is 0 Å². The monoisotopic (exact) mass is 286 g/mol. The minimum atomic E-state index is 0.495. The van der Waals surface area contributed by atoms with Crippen molar-refractivity contribution in [3.8, 4) is 17.2 Å². The molecule has 0 N–H and O–H groups in total. The Morgan fingerprint density at radius 1 is 1.00 bits per heavy atom. The largest absolute Gasteiger partial charge is 0.489 e. The molecule has 0 aliphatic heterocycles. The van der Waals surface area contributed by atoms with Crippen LogP contribution in [0.3, 0.4) is 0 Å². The van der Waals surface area contributed by atoms with Crippen molar-refractivity contribution in [2.75, 3.05) is 0 Å². The molecule has 0 bridgehead atoms. The van der Waals surface area contributed by atoms with Crippen LogP contribution in [0.15, 0.2) is 59.3 Å². The smallest absolute Gasteiger partial charge is 0.247 e. The van der Waals surface area contributed by atoms with E-state index in [-0.39, 0.29) is 0 Å². The van der Waals surface area contributed by atoms with Gasteiger partial charge in [-0.3, -0.25) is 0 Å². The highest BCUT2D eigenvalue weighted by Crippen LogP contribution is 2.21. The summed E-state index contributed by atoms with van der Waals surface area (Å²) >= 11 is 5.83. The Morgan fingerprint density at radius 2 is 1.75 bits per heavy atom. The van der Waals surface area contributed by atoms with Crippen LogP contribution in [0.5, 0.6) is 5.75 Å². The SMILES string of the molecule is Clc1ccc(COc2ccc(-c3nnco3)cc2)cc1. The molecule has 3 aromatic rings. The Kier molecular flexibility index (Phi) is 3.65.